The summed E-state index contributed by atoms with van der Waals surface area (Å²) in [6.07, 6.45) is 2.93. The van der Waals surface area contributed by atoms with Gasteiger partial charge in [0.1, 0.15) is 0 Å². The van der Waals surface area contributed by atoms with Gasteiger partial charge in [-0.1, -0.05) is 13.8 Å². The molecule has 1 aliphatic heterocycles. The van der Waals surface area contributed by atoms with Crippen LogP contribution in [-0.4, -0.2) is 48.5 Å². The van der Waals surface area contributed by atoms with Crippen molar-refractivity contribution in [3.05, 3.63) is 0 Å². The van der Waals surface area contributed by atoms with Crippen LogP contribution in [0.5, 0.6) is 0 Å². The first-order valence-corrected chi connectivity index (χ1v) is 6.72. The molecule has 0 saturated carbocycles. The predicted molar refractivity (Wildman–Crippen MR) is 71.2 cm³/mol. The number of piperidine rings is 1. The van der Waals surface area contributed by atoms with Crippen molar-refractivity contribution < 1.29 is 9.84 Å². The minimum absolute atomic E-state index is 0.387. The topological polar surface area (TPSA) is 32.7 Å². The predicted octanol–water partition coefficient (Wildman–Crippen LogP) is 2.28. The molecule has 3 heteroatoms. The van der Waals surface area contributed by atoms with E-state index in [0.29, 0.717) is 5.41 Å². The zero-order valence-corrected chi connectivity index (χ0v) is 12.1. The molecule has 1 aliphatic rings. The normalized spacial score (nSPS) is 23.6. The minimum atomic E-state index is -0.435. The van der Waals surface area contributed by atoms with Crippen molar-refractivity contribution in [3.63, 3.8) is 0 Å². The van der Waals surface area contributed by atoms with Crippen molar-refractivity contribution in [1.82, 2.24) is 4.90 Å². The van der Waals surface area contributed by atoms with Crippen molar-refractivity contribution >= 4 is 0 Å². The van der Waals surface area contributed by atoms with E-state index in [4.69, 9.17) is 4.74 Å². The Kier molecular flexibility index (Phi) is 4.99. The van der Waals surface area contributed by atoms with Crippen LogP contribution < -0.4 is 0 Å². The Hall–Kier alpha value is -0.120. The highest BCUT2D eigenvalue weighted by Gasteiger charge is 2.29. The molecule has 1 N–H and O–H groups in total. The smallest absolute Gasteiger partial charge is 0.0880 e. The van der Waals surface area contributed by atoms with Crippen molar-refractivity contribution in [2.45, 2.75) is 58.7 Å². The average molecular weight is 243 g/mol. The van der Waals surface area contributed by atoms with Crippen molar-refractivity contribution in [3.8, 4) is 0 Å². The van der Waals surface area contributed by atoms with Crippen LogP contribution in [0.2, 0.25) is 0 Å². The van der Waals surface area contributed by atoms with Crippen LogP contribution in [0.1, 0.15) is 47.0 Å². The zero-order valence-electron chi connectivity index (χ0n) is 12.1. The van der Waals surface area contributed by atoms with Crippen LogP contribution in [0, 0.1) is 5.41 Å². The molecule has 1 rings (SSSR count). The van der Waals surface area contributed by atoms with Gasteiger partial charge in [0, 0.05) is 13.7 Å². The summed E-state index contributed by atoms with van der Waals surface area (Å²) in [6, 6.07) is 0. The second-order valence-electron chi connectivity index (χ2n) is 6.62. The van der Waals surface area contributed by atoms with E-state index in [1.807, 2.05) is 13.8 Å². The van der Waals surface area contributed by atoms with Gasteiger partial charge in [0.05, 0.1) is 11.7 Å². The third kappa shape index (κ3) is 4.57. The van der Waals surface area contributed by atoms with E-state index >= 15 is 0 Å². The lowest BCUT2D eigenvalue weighted by atomic mass is 9.82. The van der Waals surface area contributed by atoms with Gasteiger partial charge in [-0.15, -0.1) is 0 Å². The molecule has 1 heterocycles. The van der Waals surface area contributed by atoms with Crippen LogP contribution in [0.15, 0.2) is 0 Å². The highest BCUT2D eigenvalue weighted by atomic mass is 16.5. The second-order valence-corrected chi connectivity index (χ2v) is 6.62. The molecule has 1 saturated heterocycles. The minimum Gasteiger partial charge on any atom is -0.390 e. The number of hydrogen-bond acceptors (Lipinski definition) is 3. The van der Waals surface area contributed by atoms with E-state index in [1.165, 1.54) is 12.8 Å². The van der Waals surface area contributed by atoms with Crippen LogP contribution in [0.4, 0.5) is 0 Å². The fraction of sp³-hybridized carbons (Fsp3) is 1.00. The third-order valence-electron chi connectivity index (χ3n) is 4.26. The Morgan fingerprint density at radius 1 is 1.29 bits per heavy atom. The fourth-order valence-corrected chi connectivity index (χ4v) is 2.17. The van der Waals surface area contributed by atoms with Crippen LogP contribution in [-0.2, 0) is 4.74 Å². The first kappa shape index (κ1) is 14.9. The van der Waals surface area contributed by atoms with Gasteiger partial charge < -0.3 is 14.7 Å². The highest BCUT2D eigenvalue weighted by molar-refractivity contribution is 4.82. The molecule has 0 aromatic carbocycles. The summed E-state index contributed by atoms with van der Waals surface area (Å²) in [7, 11) is 1.66. The molecule has 102 valence electrons. The molecule has 1 unspecified atom stereocenters. The third-order valence-corrected chi connectivity index (χ3v) is 4.26. The van der Waals surface area contributed by atoms with Gasteiger partial charge in [-0.25, -0.2) is 0 Å². The molecule has 1 fully saturated rings. The highest BCUT2D eigenvalue weighted by Crippen LogP contribution is 2.30. The maximum Gasteiger partial charge on any atom is 0.0880 e. The largest absolute Gasteiger partial charge is 0.390 e. The summed E-state index contributed by atoms with van der Waals surface area (Å²) in [5, 5.41) is 10.1. The first-order valence-electron chi connectivity index (χ1n) is 6.72. The monoisotopic (exact) mass is 243 g/mol. The van der Waals surface area contributed by atoms with Gasteiger partial charge in [-0.3, -0.25) is 0 Å². The number of hydrogen-bond donors (Lipinski definition) is 1. The average Bonchev–Trinajstić information content (AvgIpc) is 2.27. The number of methoxy groups -OCH3 is 1. The molecule has 0 aliphatic carbocycles. The number of aliphatic hydroxyl groups is 1. The molecular formula is C14H29NO2. The summed E-state index contributed by atoms with van der Waals surface area (Å²) in [5.74, 6) is 0. The van der Waals surface area contributed by atoms with E-state index < -0.39 is 5.60 Å². The van der Waals surface area contributed by atoms with E-state index in [9.17, 15) is 5.11 Å². The summed E-state index contributed by atoms with van der Waals surface area (Å²) in [6.45, 7) is 11.9. The molecule has 1 atom stereocenters. The lowest BCUT2D eigenvalue weighted by Gasteiger charge is -2.38. The Balaban J connectivity index is 2.28. The second kappa shape index (κ2) is 5.68. The summed E-state index contributed by atoms with van der Waals surface area (Å²) < 4.78 is 5.30. The van der Waals surface area contributed by atoms with Gasteiger partial charge in [-0.05, 0) is 51.6 Å². The van der Waals surface area contributed by atoms with E-state index in [1.54, 1.807) is 7.11 Å². The maximum absolute atomic E-state index is 10.1. The van der Waals surface area contributed by atoms with E-state index in [0.717, 1.165) is 26.1 Å². The number of rotatable bonds is 5. The van der Waals surface area contributed by atoms with Crippen LogP contribution >= 0.6 is 0 Å². The number of likely N-dealkylation sites (tertiary alicyclic amines) is 1. The Bertz CT molecular complexity index is 228. The molecule has 0 spiro atoms. The molecular weight excluding hydrogens is 214 g/mol. The zero-order chi connectivity index (χ0) is 13.1. The molecule has 0 aromatic rings. The number of aliphatic hydroxyl groups excluding tert-OH is 1. The van der Waals surface area contributed by atoms with Crippen LogP contribution in [0.3, 0.4) is 0 Å². The van der Waals surface area contributed by atoms with Crippen molar-refractivity contribution in [1.29, 1.82) is 0 Å². The summed E-state index contributed by atoms with van der Waals surface area (Å²) in [4.78, 5) is 2.46. The molecule has 0 amide bonds. The van der Waals surface area contributed by atoms with Gasteiger partial charge in [0.2, 0.25) is 0 Å². The molecule has 0 radical (unpaired) electrons. The van der Waals surface area contributed by atoms with E-state index in [2.05, 4.69) is 18.7 Å². The van der Waals surface area contributed by atoms with Crippen LogP contribution in [0.25, 0.3) is 0 Å². The SMILES string of the molecule is COC(C)(C)C(O)CCN1CCC(C)(C)CC1. The van der Waals surface area contributed by atoms with Gasteiger partial charge >= 0.3 is 0 Å². The Morgan fingerprint density at radius 3 is 2.29 bits per heavy atom. The molecule has 3 nitrogen and oxygen atoms in total. The maximum atomic E-state index is 10.1. The molecule has 0 aromatic heterocycles. The lowest BCUT2D eigenvalue weighted by molar-refractivity contribution is -0.0831. The fourth-order valence-electron chi connectivity index (χ4n) is 2.17. The first-order chi connectivity index (χ1) is 7.77. The molecule has 0 bridgehead atoms. The van der Waals surface area contributed by atoms with Gasteiger partial charge in [0.25, 0.3) is 0 Å². The molecule has 17 heavy (non-hydrogen) atoms. The summed E-state index contributed by atoms with van der Waals surface area (Å²) in [5.41, 5.74) is 0.0655. The number of ether oxygens (including phenoxy) is 1. The van der Waals surface area contributed by atoms with Crippen molar-refractivity contribution in [2.24, 2.45) is 5.41 Å². The number of nitrogens with zero attached hydrogens (tertiary/aromatic N) is 1. The lowest BCUT2D eigenvalue weighted by Crippen LogP contribution is -2.43. The van der Waals surface area contributed by atoms with Gasteiger partial charge in [-0.2, -0.15) is 0 Å². The summed E-state index contributed by atoms with van der Waals surface area (Å²) >= 11 is 0. The quantitative estimate of drug-likeness (QED) is 0.804. The Morgan fingerprint density at radius 2 is 1.82 bits per heavy atom. The van der Waals surface area contributed by atoms with Gasteiger partial charge in [0.15, 0.2) is 0 Å². The standard InChI is InChI=1S/C14H29NO2/c1-13(2)7-10-15(11-8-13)9-6-12(16)14(3,4)17-5/h12,16H,6-11H2,1-5H3. The Labute approximate surface area is 106 Å². The van der Waals surface area contributed by atoms with E-state index in [-0.39, 0.29) is 6.10 Å². The van der Waals surface area contributed by atoms with Crippen molar-refractivity contribution in [2.75, 3.05) is 26.7 Å².